The van der Waals surface area contributed by atoms with Crippen molar-refractivity contribution in [3.8, 4) is 11.1 Å². The summed E-state index contributed by atoms with van der Waals surface area (Å²) < 4.78 is 5.33. The number of amides is 1. The number of carbonyl (C=O) groups excluding carboxylic acids is 2. The van der Waals surface area contributed by atoms with Gasteiger partial charge >= 0.3 is 6.09 Å². The van der Waals surface area contributed by atoms with Crippen molar-refractivity contribution in [1.82, 2.24) is 10.3 Å². The number of ketones is 1. The fraction of sp³-hybridized carbons (Fsp3) is 0.269. The van der Waals surface area contributed by atoms with Crippen LogP contribution in [-0.2, 0) is 17.7 Å². The van der Waals surface area contributed by atoms with E-state index in [0.717, 1.165) is 22.4 Å². The van der Waals surface area contributed by atoms with E-state index in [1.165, 1.54) is 0 Å². The van der Waals surface area contributed by atoms with Crippen LogP contribution in [0.4, 0.5) is 4.79 Å². The van der Waals surface area contributed by atoms with Crippen molar-refractivity contribution in [2.24, 2.45) is 0 Å². The van der Waals surface area contributed by atoms with Crippen molar-refractivity contribution in [1.29, 1.82) is 0 Å². The molecule has 160 valence electrons. The molecule has 0 fully saturated rings. The topological polar surface area (TPSA) is 68.3 Å². The minimum atomic E-state index is -0.559. The largest absolute Gasteiger partial charge is 0.444 e. The zero-order chi connectivity index (χ0) is 22.3. The Balaban J connectivity index is 1.79. The molecule has 31 heavy (non-hydrogen) atoms. The Bertz CT molecular complexity index is 1040. The number of Topliss-reactive ketones (excluding diaryl/α,β-unsaturated/α-hetero) is 1. The summed E-state index contributed by atoms with van der Waals surface area (Å²) in [4.78, 5) is 29.4. The second-order valence-electron chi connectivity index (χ2n) is 8.30. The summed E-state index contributed by atoms with van der Waals surface area (Å²) >= 11 is 0. The zero-order valence-electron chi connectivity index (χ0n) is 18.2. The molecular weight excluding hydrogens is 388 g/mol. The van der Waals surface area contributed by atoms with Gasteiger partial charge in [-0.1, -0.05) is 54.6 Å². The molecule has 1 amide bonds. The number of carbonyl (C=O) groups is 2. The van der Waals surface area contributed by atoms with Gasteiger partial charge in [0.1, 0.15) is 5.60 Å². The van der Waals surface area contributed by atoms with E-state index < -0.39 is 11.7 Å². The van der Waals surface area contributed by atoms with Crippen LogP contribution in [-0.4, -0.2) is 22.5 Å². The highest BCUT2D eigenvalue weighted by atomic mass is 16.6. The molecule has 0 radical (unpaired) electrons. The molecule has 5 nitrogen and oxygen atoms in total. The van der Waals surface area contributed by atoms with Crippen molar-refractivity contribution >= 4 is 11.9 Å². The summed E-state index contributed by atoms with van der Waals surface area (Å²) in [6, 6.07) is 21.1. The summed E-state index contributed by atoms with van der Waals surface area (Å²) in [5, 5.41) is 2.81. The number of aromatic nitrogens is 1. The van der Waals surface area contributed by atoms with Gasteiger partial charge in [0.25, 0.3) is 0 Å². The third-order valence-corrected chi connectivity index (χ3v) is 4.69. The zero-order valence-corrected chi connectivity index (χ0v) is 18.2. The Kier molecular flexibility index (Phi) is 7.19. The normalized spacial score (nSPS) is 11.1. The Morgan fingerprint density at radius 1 is 0.903 bits per heavy atom. The summed E-state index contributed by atoms with van der Waals surface area (Å²) in [5.74, 6) is 0.0659. The highest BCUT2D eigenvalue weighted by Crippen LogP contribution is 2.28. The Morgan fingerprint density at radius 3 is 2.29 bits per heavy atom. The Labute approximate surface area is 183 Å². The summed E-state index contributed by atoms with van der Waals surface area (Å²) in [6.45, 7) is 5.79. The molecule has 1 heterocycles. The van der Waals surface area contributed by atoms with Gasteiger partial charge in [0.05, 0.1) is 0 Å². The van der Waals surface area contributed by atoms with Gasteiger partial charge in [-0.05, 0) is 56.0 Å². The Hall–Kier alpha value is -3.47. The molecule has 2 aromatic carbocycles. The highest BCUT2D eigenvalue weighted by Gasteiger charge is 2.18. The lowest BCUT2D eigenvalue weighted by Gasteiger charge is -2.20. The molecule has 0 saturated carbocycles. The summed E-state index contributed by atoms with van der Waals surface area (Å²) in [6.07, 6.45) is 2.24. The van der Waals surface area contributed by atoms with Crippen molar-refractivity contribution in [3.63, 3.8) is 0 Å². The number of nitrogens with one attached hydrogen (secondary N) is 1. The number of nitrogens with zero attached hydrogens (tertiary/aromatic N) is 1. The predicted molar refractivity (Wildman–Crippen MR) is 122 cm³/mol. The maximum Gasteiger partial charge on any atom is 0.407 e. The number of hydrogen-bond acceptors (Lipinski definition) is 4. The second-order valence-corrected chi connectivity index (χ2v) is 8.30. The van der Waals surface area contributed by atoms with E-state index in [1.54, 1.807) is 6.20 Å². The average Bonchev–Trinajstić information content (AvgIpc) is 2.76. The predicted octanol–water partition coefficient (Wildman–Crippen LogP) is 5.59. The van der Waals surface area contributed by atoms with Gasteiger partial charge in [-0.25, -0.2) is 4.79 Å². The monoisotopic (exact) mass is 416 g/mol. The number of benzene rings is 2. The van der Waals surface area contributed by atoms with Crippen LogP contribution in [0.3, 0.4) is 0 Å². The number of rotatable bonds is 7. The maximum atomic E-state index is 13.0. The first kappa shape index (κ1) is 22.2. The first-order chi connectivity index (χ1) is 14.8. The highest BCUT2D eigenvalue weighted by molar-refractivity contribution is 6.02. The molecule has 1 N–H and O–H groups in total. The molecule has 3 aromatic rings. The van der Waals surface area contributed by atoms with Gasteiger partial charge in [-0.15, -0.1) is 0 Å². The minimum Gasteiger partial charge on any atom is -0.444 e. The van der Waals surface area contributed by atoms with Crippen LogP contribution in [0.5, 0.6) is 0 Å². The average molecular weight is 417 g/mol. The summed E-state index contributed by atoms with van der Waals surface area (Å²) in [5.41, 5.74) is 3.70. The molecule has 0 spiro atoms. The maximum absolute atomic E-state index is 13.0. The molecule has 0 unspecified atom stereocenters. The fourth-order valence-corrected chi connectivity index (χ4v) is 3.30. The first-order valence-corrected chi connectivity index (χ1v) is 10.4. The smallest absolute Gasteiger partial charge is 0.407 e. The van der Waals surface area contributed by atoms with E-state index in [-0.39, 0.29) is 5.78 Å². The van der Waals surface area contributed by atoms with Crippen molar-refractivity contribution in [2.75, 3.05) is 0 Å². The standard InChI is InChI=1S/C26H28N2O3/c1-26(2,3)31-25(30)28-18-19-10-4-5-12-21(19)22-13-6-7-14-23(22)24(29)16-15-20-11-8-9-17-27-20/h4-14,17H,15-16,18H2,1-3H3,(H,28,30). The quantitative estimate of drug-likeness (QED) is 0.510. The van der Waals surface area contributed by atoms with Crippen LogP contribution in [0, 0.1) is 0 Å². The molecule has 0 aliphatic rings. The van der Waals surface area contributed by atoms with E-state index >= 15 is 0 Å². The molecule has 0 aliphatic carbocycles. The van der Waals surface area contributed by atoms with Crippen LogP contribution >= 0.6 is 0 Å². The second kappa shape index (κ2) is 10.0. The molecule has 0 bridgehead atoms. The van der Waals surface area contributed by atoms with Gasteiger partial charge in [0, 0.05) is 30.4 Å². The fourth-order valence-electron chi connectivity index (χ4n) is 3.30. The molecule has 3 rings (SSSR count). The van der Waals surface area contributed by atoms with Crippen LogP contribution < -0.4 is 5.32 Å². The number of aryl methyl sites for hydroxylation is 1. The molecule has 5 heteroatoms. The minimum absolute atomic E-state index is 0.0659. The number of ether oxygens (including phenoxy) is 1. The van der Waals surface area contributed by atoms with Crippen LogP contribution in [0.1, 0.15) is 48.8 Å². The molecule has 0 atom stereocenters. The van der Waals surface area contributed by atoms with E-state index in [9.17, 15) is 9.59 Å². The van der Waals surface area contributed by atoms with Gasteiger partial charge in [0.15, 0.2) is 5.78 Å². The van der Waals surface area contributed by atoms with Gasteiger partial charge in [0.2, 0.25) is 0 Å². The van der Waals surface area contributed by atoms with Crippen molar-refractivity contribution in [2.45, 2.75) is 45.8 Å². The Morgan fingerprint density at radius 2 is 1.58 bits per heavy atom. The number of pyridine rings is 1. The van der Waals surface area contributed by atoms with Gasteiger partial charge in [-0.2, -0.15) is 0 Å². The number of alkyl carbamates (subject to hydrolysis) is 1. The van der Waals surface area contributed by atoms with Crippen molar-refractivity contribution < 1.29 is 14.3 Å². The molecule has 0 saturated heterocycles. The molecular formula is C26H28N2O3. The number of hydrogen-bond donors (Lipinski definition) is 1. The van der Waals surface area contributed by atoms with E-state index in [4.69, 9.17) is 4.74 Å². The van der Waals surface area contributed by atoms with Gasteiger partial charge in [-0.3, -0.25) is 9.78 Å². The third kappa shape index (κ3) is 6.51. The lowest BCUT2D eigenvalue weighted by Crippen LogP contribution is -2.32. The lowest BCUT2D eigenvalue weighted by molar-refractivity contribution is 0.0523. The van der Waals surface area contributed by atoms with Gasteiger partial charge < -0.3 is 10.1 Å². The third-order valence-electron chi connectivity index (χ3n) is 4.69. The van der Waals surface area contributed by atoms with Crippen LogP contribution in [0.2, 0.25) is 0 Å². The van der Waals surface area contributed by atoms with E-state index in [2.05, 4.69) is 10.3 Å². The summed E-state index contributed by atoms with van der Waals surface area (Å²) in [7, 11) is 0. The molecule has 0 aliphatic heterocycles. The first-order valence-electron chi connectivity index (χ1n) is 10.4. The van der Waals surface area contributed by atoms with E-state index in [0.29, 0.717) is 24.9 Å². The van der Waals surface area contributed by atoms with Crippen LogP contribution in [0.25, 0.3) is 11.1 Å². The SMILES string of the molecule is CC(C)(C)OC(=O)NCc1ccccc1-c1ccccc1C(=O)CCc1ccccn1. The lowest BCUT2D eigenvalue weighted by atomic mass is 9.92. The van der Waals surface area contributed by atoms with Crippen LogP contribution in [0.15, 0.2) is 72.9 Å². The van der Waals surface area contributed by atoms with Crippen molar-refractivity contribution in [3.05, 3.63) is 89.7 Å². The molecule has 1 aromatic heterocycles. The van der Waals surface area contributed by atoms with E-state index in [1.807, 2.05) is 87.5 Å².